The maximum Gasteiger partial charge on any atom is 0.235 e. The molecule has 30 heavy (non-hydrogen) atoms. The summed E-state index contributed by atoms with van der Waals surface area (Å²) in [6.07, 6.45) is 0. The van der Waals surface area contributed by atoms with Crippen molar-refractivity contribution in [3.8, 4) is 5.69 Å². The van der Waals surface area contributed by atoms with E-state index in [2.05, 4.69) is 41.8 Å². The summed E-state index contributed by atoms with van der Waals surface area (Å²) in [6.45, 7) is 4.63. The van der Waals surface area contributed by atoms with Crippen molar-refractivity contribution in [2.75, 3.05) is 7.05 Å². The maximum absolute atomic E-state index is 13.0. The van der Waals surface area contributed by atoms with Gasteiger partial charge in [-0.15, -0.1) is 0 Å². The second-order valence-electron chi connectivity index (χ2n) is 7.49. The first-order chi connectivity index (χ1) is 14.5. The SMILES string of the molecule is Cc1ccc(-n2c(S[C@H](C)C(=O)N(C)Cc3ccccc3)nc3ccccc32)cc1. The fourth-order valence-corrected chi connectivity index (χ4v) is 4.54. The van der Waals surface area contributed by atoms with Gasteiger partial charge in [-0.05, 0) is 43.7 Å². The van der Waals surface area contributed by atoms with Crippen molar-refractivity contribution in [1.29, 1.82) is 0 Å². The standard InChI is InChI=1S/C25H25N3OS/c1-18-13-15-21(16-14-18)28-23-12-8-7-11-22(23)26-25(28)30-19(2)24(29)27(3)17-20-9-5-4-6-10-20/h4-16,19H,17H2,1-3H3/t19-/m1/s1. The summed E-state index contributed by atoms with van der Waals surface area (Å²) in [6, 6.07) is 26.5. The summed E-state index contributed by atoms with van der Waals surface area (Å²) in [5.74, 6) is 0.0892. The number of aryl methyl sites for hydroxylation is 1. The third-order valence-electron chi connectivity index (χ3n) is 5.09. The van der Waals surface area contributed by atoms with Crippen LogP contribution < -0.4 is 0 Å². The highest BCUT2D eigenvalue weighted by Crippen LogP contribution is 2.31. The van der Waals surface area contributed by atoms with Crippen molar-refractivity contribution < 1.29 is 4.79 Å². The highest BCUT2D eigenvalue weighted by Gasteiger charge is 2.23. The van der Waals surface area contributed by atoms with Gasteiger partial charge in [-0.25, -0.2) is 4.98 Å². The Hall–Kier alpha value is -3.05. The number of rotatable bonds is 6. The van der Waals surface area contributed by atoms with Gasteiger partial charge in [0.2, 0.25) is 5.91 Å². The molecule has 4 rings (SSSR count). The van der Waals surface area contributed by atoms with Crippen LogP contribution in [0.25, 0.3) is 16.7 Å². The molecule has 0 aliphatic rings. The van der Waals surface area contributed by atoms with Crippen molar-refractivity contribution in [1.82, 2.24) is 14.5 Å². The van der Waals surface area contributed by atoms with Crippen LogP contribution in [0, 0.1) is 6.92 Å². The molecule has 0 N–H and O–H groups in total. The molecule has 0 fully saturated rings. The van der Waals surface area contributed by atoms with Crippen molar-refractivity contribution in [3.05, 3.63) is 90.0 Å². The first kappa shape index (κ1) is 20.2. The predicted molar refractivity (Wildman–Crippen MR) is 124 cm³/mol. The summed E-state index contributed by atoms with van der Waals surface area (Å²) >= 11 is 1.50. The molecule has 4 nitrogen and oxygen atoms in total. The minimum Gasteiger partial charge on any atom is -0.340 e. The number of hydrogen-bond donors (Lipinski definition) is 0. The fraction of sp³-hybridized carbons (Fsp3) is 0.200. The van der Waals surface area contributed by atoms with Gasteiger partial charge in [0.1, 0.15) is 0 Å². The summed E-state index contributed by atoms with van der Waals surface area (Å²) in [5.41, 5.74) is 5.36. The first-order valence-electron chi connectivity index (χ1n) is 10.0. The number of aromatic nitrogens is 2. The van der Waals surface area contributed by atoms with Crippen LogP contribution in [-0.2, 0) is 11.3 Å². The summed E-state index contributed by atoms with van der Waals surface area (Å²) < 4.78 is 2.14. The van der Waals surface area contributed by atoms with Gasteiger partial charge in [-0.1, -0.05) is 71.9 Å². The zero-order valence-electron chi connectivity index (χ0n) is 17.4. The third kappa shape index (κ3) is 4.26. The lowest BCUT2D eigenvalue weighted by Crippen LogP contribution is -2.32. The molecule has 3 aromatic carbocycles. The number of benzene rings is 3. The van der Waals surface area contributed by atoms with Crippen molar-refractivity contribution in [3.63, 3.8) is 0 Å². The molecular formula is C25H25N3OS. The van der Waals surface area contributed by atoms with E-state index in [1.807, 2.05) is 62.5 Å². The van der Waals surface area contributed by atoms with E-state index in [4.69, 9.17) is 4.98 Å². The number of para-hydroxylation sites is 2. The van der Waals surface area contributed by atoms with Gasteiger partial charge >= 0.3 is 0 Å². The molecular weight excluding hydrogens is 390 g/mol. The average molecular weight is 416 g/mol. The Morgan fingerprint density at radius 2 is 1.67 bits per heavy atom. The average Bonchev–Trinajstić information content (AvgIpc) is 3.12. The smallest absolute Gasteiger partial charge is 0.235 e. The molecule has 1 heterocycles. The van der Waals surface area contributed by atoms with Crippen molar-refractivity contribution in [2.45, 2.75) is 30.8 Å². The molecule has 0 bridgehead atoms. The summed E-state index contributed by atoms with van der Waals surface area (Å²) in [4.78, 5) is 19.6. The van der Waals surface area contributed by atoms with Crippen LogP contribution in [0.2, 0.25) is 0 Å². The highest BCUT2D eigenvalue weighted by atomic mass is 32.2. The maximum atomic E-state index is 13.0. The number of nitrogens with zero attached hydrogens (tertiary/aromatic N) is 3. The van der Waals surface area contributed by atoms with Crippen molar-refractivity contribution >= 4 is 28.7 Å². The van der Waals surface area contributed by atoms with Crippen LogP contribution in [0.5, 0.6) is 0 Å². The van der Waals surface area contributed by atoms with Crippen LogP contribution in [-0.4, -0.2) is 32.7 Å². The largest absolute Gasteiger partial charge is 0.340 e. The predicted octanol–water partition coefficient (Wildman–Crippen LogP) is 5.47. The lowest BCUT2D eigenvalue weighted by molar-refractivity contribution is -0.129. The van der Waals surface area contributed by atoms with Gasteiger partial charge in [0.05, 0.1) is 16.3 Å². The lowest BCUT2D eigenvalue weighted by atomic mass is 10.2. The summed E-state index contributed by atoms with van der Waals surface area (Å²) in [7, 11) is 1.86. The molecule has 0 aliphatic heterocycles. The summed E-state index contributed by atoms with van der Waals surface area (Å²) in [5, 5.41) is 0.578. The van der Waals surface area contributed by atoms with Crippen LogP contribution in [0.1, 0.15) is 18.1 Å². The third-order valence-corrected chi connectivity index (χ3v) is 6.13. The number of fused-ring (bicyclic) bond motifs is 1. The van der Waals surface area contributed by atoms with Gasteiger partial charge in [-0.2, -0.15) is 0 Å². The van der Waals surface area contributed by atoms with Gasteiger partial charge in [-0.3, -0.25) is 9.36 Å². The van der Waals surface area contributed by atoms with E-state index in [0.717, 1.165) is 27.4 Å². The van der Waals surface area contributed by atoms with E-state index in [1.165, 1.54) is 17.3 Å². The Labute approximate surface area is 181 Å². The van der Waals surface area contributed by atoms with E-state index >= 15 is 0 Å². The second kappa shape index (κ2) is 8.76. The van der Waals surface area contributed by atoms with Gasteiger partial charge in [0.25, 0.3) is 0 Å². The van der Waals surface area contributed by atoms with Crippen LogP contribution >= 0.6 is 11.8 Å². The molecule has 4 aromatic rings. The van der Waals surface area contributed by atoms with Crippen LogP contribution in [0.4, 0.5) is 0 Å². The molecule has 0 saturated heterocycles. The molecule has 152 valence electrons. The van der Waals surface area contributed by atoms with Crippen LogP contribution in [0.15, 0.2) is 84.0 Å². The molecule has 1 amide bonds. The van der Waals surface area contributed by atoms with E-state index < -0.39 is 0 Å². The van der Waals surface area contributed by atoms with Crippen molar-refractivity contribution in [2.24, 2.45) is 0 Å². The van der Waals surface area contributed by atoms with E-state index in [1.54, 1.807) is 4.90 Å². The quantitative estimate of drug-likeness (QED) is 0.392. The van der Waals surface area contributed by atoms with E-state index in [0.29, 0.717) is 6.54 Å². The van der Waals surface area contributed by atoms with Crippen LogP contribution in [0.3, 0.4) is 0 Å². The number of imidazole rings is 1. The number of carbonyl (C=O) groups is 1. The van der Waals surface area contributed by atoms with E-state index in [-0.39, 0.29) is 11.2 Å². The normalized spacial score (nSPS) is 12.1. The molecule has 5 heteroatoms. The number of thioether (sulfide) groups is 1. The molecule has 1 aromatic heterocycles. The zero-order valence-corrected chi connectivity index (χ0v) is 18.3. The Balaban J connectivity index is 1.60. The lowest BCUT2D eigenvalue weighted by Gasteiger charge is -2.21. The number of carbonyl (C=O) groups excluding carboxylic acids is 1. The molecule has 0 radical (unpaired) electrons. The molecule has 0 spiro atoms. The van der Waals surface area contributed by atoms with Gasteiger partial charge in [0, 0.05) is 19.3 Å². The first-order valence-corrected chi connectivity index (χ1v) is 10.9. The Kier molecular flexibility index (Phi) is 5.91. The Morgan fingerprint density at radius 3 is 2.40 bits per heavy atom. The molecule has 0 aliphatic carbocycles. The molecule has 0 unspecified atom stereocenters. The monoisotopic (exact) mass is 415 g/mol. The minimum absolute atomic E-state index is 0.0892. The van der Waals surface area contributed by atoms with Gasteiger partial charge < -0.3 is 4.90 Å². The number of amides is 1. The van der Waals surface area contributed by atoms with Gasteiger partial charge in [0.15, 0.2) is 5.16 Å². The zero-order chi connectivity index (χ0) is 21.1. The molecule has 0 saturated carbocycles. The molecule has 1 atom stereocenters. The Bertz CT molecular complexity index is 1150. The Morgan fingerprint density at radius 1 is 1.00 bits per heavy atom. The minimum atomic E-state index is -0.250. The number of hydrogen-bond acceptors (Lipinski definition) is 3. The fourth-order valence-electron chi connectivity index (χ4n) is 3.48. The van der Waals surface area contributed by atoms with E-state index in [9.17, 15) is 4.79 Å². The highest BCUT2D eigenvalue weighted by molar-refractivity contribution is 8.00. The second-order valence-corrected chi connectivity index (χ2v) is 8.80. The topological polar surface area (TPSA) is 38.1 Å².